The second-order valence-electron chi connectivity index (χ2n) is 7.19. The van der Waals surface area contributed by atoms with Crippen molar-refractivity contribution in [3.05, 3.63) is 48.0 Å². The molecule has 0 spiro atoms. The molecule has 2 rings (SSSR count). The summed E-state index contributed by atoms with van der Waals surface area (Å²) in [6, 6.07) is 6.29. The summed E-state index contributed by atoms with van der Waals surface area (Å²) < 4.78 is 35.9. The molecule has 2 aromatic rings. The van der Waals surface area contributed by atoms with Gasteiger partial charge in [-0.3, -0.25) is 10.5 Å². The van der Waals surface area contributed by atoms with E-state index in [0.29, 0.717) is 11.0 Å². The van der Waals surface area contributed by atoms with Crippen LogP contribution in [0.2, 0.25) is 0 Å². The van der Waals surface area contributed by atoms with E-state index in [4.69, 9.17) is 18.6 Å². The molecule has 1 unspecified atom stereocenters. The number of aromatic nitrogens is 1. The SMILES string of the molecule is COc1cc(OP(=O)(ONc2cccnc2)/C(=C/C(C)C)C(C)C)cc(OC)c1O. The first kappa shape index (κ1) is 23.6. The van der Waals surface area contributed by atoms with E-state index in [1.807, 2.05) is 33.8 Å². The van der Waals surface area contributed by atoms with Gasteiger partial charge in [-0.1, -0.05) is 33.8 Å². The summed E-state index contributed by atoms with van der Waals surface area (Å²) in [5.74, 6) is 0.219. The Kier molecular flexibility index (Phi) is 8.15. The van der Waals surface area contributed by atoms with E-state index in [-0.39, 0.29) is 34.8 Å². The highest BCUT2D eigenvalue weighted by atomic mass is 31.2. The number of benzene rings is 1. The molecule has 0 saturated carbocycles. The lowest BCUT2D eigenvalue weighted by molar-refractivity contribution is 0.314. The van der Waals surface area contributed by atoms with Gasteiger partial charge in [0.15, 0.2) is 11.5 Å². The summed E-state index contributed by atoms with van der Waals surface area (Å²) in [6.45, 7) is 7.78. The Bertz CT molecular complexity index is 890. The number of nitrogens with one attached hydrogen (secondary N) is 1. The van der Waals surface area contributed by atoms with Crippen LogP contribution < -0.4 is 19.5 Å². The standard InChI is InChI=1S/C21H29N2O6P/c1-14(2)10-20(15(3)4)30(25,29-23-16-8-7-9-22-13-16)28-17-11-18(26-5)21(24)19(12-17)27-6/h7-15,23-24H,1-6H3/b20-10+. The van der Waals surface area contributed by atoms with E-state index in [2.05, 4.69) is 10.5 Å². The van der Waals surface area contributed by atoms with Crippen molar-refractivity contribution < 1.29 is 28.3 Å². The Morgan fingerprint density at radius 3 is 2.27 bits per heavy atom. The normalized spacial score (nSPS) is 13.8. The Morgan fingerprint density at radius 1 is 1.17 bits per heavy atom. The molecular weight excluding hydrogens is 407 g/mol. The second-order valence-corrected chi connectivity index (χ2v) is 9.07. The van der Waals surface area contributed by atoms with Gasteiger partial charge in [0.1, 0.15) is 5.75 Å². The molecule has 9 heteroatoms. The first-order valence-electron chi connectivity index (χ1n) is 9.51. The highest BCUT2D eigenvalue weighted by molar-refractivity contribution is 7.58. The van der Waals surface area contributed by atoms with Gasteiger partial charge in [-0.2, -0.15) is 4.62 Å². The first-order chi connectivity index (χ1) is 14.2. The molecule has 0 bridgehead atoms. The molecule has 0 saturated heterocycles. The van der Waals surface area contributed by atoms with Gasteiger partial charge in [0.05, 0.1) is 31.4 Å². The minimum absolute atomic E-state index is 0.116. The molecule has 1 atom stereocenters. The van der Waals surface area contributed by atoms with Gasteiger partial charge in [-0.25, -0.2) is 4.57 Å². The monoisotopic (exact) mass is 436 g/mol. The largest absolute Gasteiger partial charge is 0.502 e. The van der Waals surface area contributed by atoms with Crippen LogP contribution in [0.1, 0.15) is 27.7 Å². The average Bonchev–Trinajstić information content (AvgIpc) is 2.72. The minimum atomic E-state index is -3.87. The molecule has 0 aliphatic heterocycles. The lowest BCUT2D eigenvalue weighted by atomic mass is 10.1. The predicted octanol–water partition coefficient (Wildman–Crippen LogP) is 5.62. The minimum Gasteiger partial charge on any atom is -0.502 e. The van der Waals surface area contributed by atoms with Crippen LogP contribution in [0.3, 0.4) is 0 Å². The Balaban J connectivity index is 2.49. The fourth-order valence-corrected chi connectivity index (χ4v) is 4.63. The first-order valence-corrected chi connectivity index (χ1v) is 11.1. The van der Waals surface area contributed by atoms with Gasteiger partial charge < -0.3 is 19.1 Å². The Hall–Kier alpha value is -2.70. The van der Waals surface area contributed by atoms with Crippen molar-refractivity contribution in [1.29, 1.82) is 0 Å². The average molecular weight is 436 g/mol. The van der Waals surface area contributed by atoms with E-state index < -0.39 is 7.60 Å². The fourth-order valence-electron chi connectivity index (χ4n) is 2.66. The number of ether oxygens (including phenoxy) is 2. The number of phenols is 1. The van der Waals surface area contributed by atoms with Crippen LogP contribution in [0.15, 0.2) is 48.0 Å². The molecule has 0 aliphatic rings. The van der Waals surface area contributed by atoms with Crippen LogP contribution in [-0.4, -0.2) is 24.3 Å². The summed E-state index contributed by atoms with van der Waals surface area (Å²) in [4.78, 5) is 4.00. The molecule has 8 nitrogen and oxygen atoms in total. The number of pyridine rings is 1. The van der Waals surface area contributed by atoms with Crippen LogP contribution in [0.5, 0.6) is 23.0 Å². The molecular formula is C21H29N2O6P. The third kappa shape index (κ3) is 5.90. The van der Waals surface area contributed by atoms with E-state index in [1.54, 1.807) is 18.3 Å². The van der Waals surface area contributed by atoms with E-state index >= 15 is 0 Å². The van der Waals surface area contributed by atoms with Gasteiger partial charge >= 0.3 is 7.60 Å². The number of nitrogens with zero attached hydrogens (tertiary/aromatic N) is 1. The lowest BCUT2D eigenvalue weighted by Gasteiger charge is -2.25. The van der Waals surface area contributed by atoms with Gasteiger partial charge in [0, 0.05) is 18.3 Å². The maximum absolute atomic E-state index is 14.0. The number of methoxy groups -OCH3 is 2. The molecule has 1 heterocycles. The van der Waals surface area contributed by atoms with Crippen molar-refractivity contribution in [1.82, 2.24) is 4.98 Å². The number of anilines is 1. The number of aromatic hydroxyl groups is 1. The molecule has 0 aliphatic carbocycles. The van der Waals surface area contributed by atoms with E-state index in [0.717, 1.165) is 0 Å². The quantitative estimate of drug-likeness (QED) is 0.366. The highest BCUT2D eigenvalue weighted by Crippen LogP contribution is 2.59. The molecule has 0 fully saturated rings. The van der Waals surface area contributed by atoms with Crippen LogP contribution in [0.25, 0.3) is 0 Å². The van der Waals surface area contributed by atoms with Gasteiger partial charge in [0.25, 0.3) is 0 Å². The van der Waals surface area contributed by atoms with Gasteiger partial charge in [-0.15, -0.1) is 0 Å². The molecule has 30 heavy (non-hydrogen) atoms. The molecule has 0 amide bonds. The summed E-state index contributed by atoms with van der Waals surface area (Å²) >= 11 is 0. The van der Waals surface area contributed by atoms with Crippen molar-refractivity contribution in [2.75, 3.05) is 19.7 Å². The van der Waals surface area contributed by atoms with Crippen molar-refractivity contribution >= 4 is 13.3 Å². The molecule has 1 aromatic heterocycles. The van der Waals surface area contributed by atoms with Gasteiger partial charge in [0.2, 0.25) is 5.75 Å². The van der Waals surface area contributed by atoms with Crippen molar-refractivity contribution in [2.45, 2.75) is 27.7 Å². The van der Waals surface area contributed by atoms with Crippen molar-refractivity contribution in [2.24, 2.45) is 11.8 Å². The van der Waals surface area contributed by atoms with E-state index in [1.165, 1.54) is 32.5 Å². The van der Waals surface area contributed by atoms with Crippen molar-refractivity contribution in [3.8, 4) is 23.0 Å². The lowest BCUT2D eigenvalue weighted by Crippen LogP contribution is -2.10. The summed E-state index contributed by atoms with van der Waals surface area (Å²) in [5.41, 5.74) is 3.20. The third-order valence-electron chi connectivity index (χ3n) is 4.04. The maximum Gasteiger partial charge on any atom is 0.427 e. The molecule has 164 valence electrons. The van der Waals surface area contributed by atoms with Gasteiger partial charge in [-0.05, 0) is 24.0 Å². The molecule has 1 aromatic carbocycles. The highest BCUT2D eigenvalue weighted by Gasteiger charge is 2.36. The number of rotatable bonds is 10. The van der Waals surface area contributed by atoms with Crippen LogP contribution >= 0.6 is 7.60 Å². The zero-order valence-corrected chi connectivity index (χ0v) is 19.0. The number of hydrogen-bond acceptors (Lipinski definition) is 8. The predicted molar refractivity (Wildman–Crippen MR) is 116 cm³/mol. The van der Waals surface area contributed by atoms with Crippen LogP contribution in [-0.2, 0) is 9.19 Å². The van der Waals surface area contributed by atoms with Crippen LogP contribution in [0, 0.1) is 11.8 Å². The van der Waals surface area contributed by atoms with Crippen molar-refractivity contribution in [3.63, 3.8) is 0 Å². The Morgan fingerprint density at radius 2 is 1.80 bits per heavy atom. The summed E-state index contributed by atoms with van der Waals surface area (Å²) in [6.07, 6.45) is 5.03. The van der Waals surface area contributed by atoms with E-state index in [9.17, 15) is 9.67 Å². The Labute approximate surface area is 177 Å². The topological polar surface area (TPSA) is 99.1 Å². The third-order valence-corrected chi connectivity index (χ3v) is 6.12. The number of allylic oxidation sites excluding steroid dienone is 2. The number of hydrogen-bond donors (Lipinski definition) is 2. The summed E-state index contributed by atoms with van der Waals surface area (Å²) in [5, 5.41) is 10.7. The smallest absolute Gasteiger partial charge is 0.427 e. The number of phenolic OH excluding ortho intramolecular Hbond substituents is 1. The molecule has 0 radical (unpaired) electrons. The zero-order chi connectivity index (χ0) is 22.3. The zero-order valence-electron chi connectivity index (χ0n) is 18.1. The molecule has 2 N–H and O–H groups in total. The maximum atomic E-state index is 14.0. The summed E-state index contributed by atoms with van der Waals surface area (Å²) in [7, 11) is -1.07. The fraction of sp³-hybridized carbons (Fsp3) is 0.381. The van der Waals surface area contributed by atoms with Crippen LogP contribution in [0.4, 0.5) is 5.69 Å². The second kappa shape index (κ2) is 10.4.